The zero-order valence-electron chi connectivity index (χ0n) is 17.7. The Morgan fingerprint density at radius 3 is 2.53 bits per heavy atom. The van der Waals surface area contributed by atoms with Gasteiger partial charge in [-0.25, -0.2) is 13.4 Å². The molecule has 1 aliphatic rings. The van der Waals surface area contributed by atoms with Crippen LogP contribution in [0.15, 0.2) is 52.7 Å². The number of rotatable bonds is 6. The number of aryl methyl sites for hydroxylation is 1. The molecule has 168 valence electrons. The molecule has 6 nitrogen and oxygen atoms in total. The lowest BCUT2D eigenvalue weighted by Gasteiger charge is -2.26. The molecule has 1 amide bonds. The summed E-state index contributed by atoms with van der Waals surface area (Å²) in [5.74, 6) is -0.493. The first-order chi connectivity index (χ1) is 15.4. The summed E-state index contributed by atoms with van der Waals surface area (Å²) in [6.45, 7) is 3.09. The first kappa shape index (κ1) is 22.9. The van der Waals surface area contributed by atoms with Gasteiger partial charge in [-0.05, 0) is 43.0 Å². The van der Waals surface area contributed by atoms with E-state index in [0.717, 1.165) is 36.9 Å². The minimum Gasteiger partial charge on any atom is -0.298 e. The summed E-state index contributed by atoms with van der Waals surface area (Å²) in [5, 5.41) is 5.22. The second-order valence-electron chi connectivity index (χ2n) is 7.65. The number of benzene rings is 2. The molecule has 0 radical (unpaired) electrons. The molecule has 32 heavy (non-hydrogen) atoms. The van der Waals surface area contributed by atoms with Gasteiger partial charge in [0.15, 0.2) is 5.13 Å². The number of anilines is 1. The van der Waals surface area contributed by atoms with Crippen LogP contribution >= 0.6 is 22.9 Å². The monoisotopic (exact) mass is 489 g/mol. The van der Waals surface area contributed by atoms with Gasteiger partial charge in [0, 0.05) is 24.0 Å². The van der Waals surface area contributed by atoms with Crippen molar-refractivity contribution in [2.45, 2.75) is 37.5 Å². The van der Waals surface area contributed by atoms with Gasteiger partial charge in [-0.15, -0.1) is 11.3 Å². The van der Waals surface area contributed by atoms with Gasteiger partial charge in [-0.3, -0.25) is 10.1 Å². The van der Waals surface area contributed by atoms with Crippen LogP contribution in [0.1, 0.15) is 42.1 Å². The average molecular weight is 490 g/mol. The second kappa shape index (κ2) is 9.70. The maximum Gasteiger partial charge on any atom is 0.259 e. The zero-order valence-corrected chi connectivity index (χ0v) is 20.1. The molecule has 1 saturated heterocycles. The highest BCUT2D eigenvalue weighted by molar-refractivity contribution is 7.89. The van der Waals surface area contributed by atoms with E-state index in [0.29, 0.717) is 18.2 Å². The summed E-state index contributed by atoms with van der Waals surface area (Å²) >= 11 is 7.54. The standard InChI is InChI=1S/C23H24ClN3O3S2/c1-2-16-6-8-17(9-7-16)21-15-31-23(25-21)26-22(28)19-14-18(10-11-20(19)24)32(29,30)27-12-4-3-5-13-27/h6-11,14-15H,2-5,12-13H2,1H3,(H,25,26,28). The van der Waals surface area contributed by atoms with Crippen LogP contribution < -0.4 is 5.32 Å². The normalized spacial score (nSPS) is 14.9. The molecule has 1 N–H and O–H groups in total. The molecule has 3 aromatic rings. The smallest absolute Gasteiger partial charge is 0.259 e. The van der Waals surface area contributed by atoms with Crippen molar-refractivity contribution in [3.63, 3.8) is 0 Å². The quantitative estimate of drug-likeness (QED) is 0.499. The minimum absolute atomic E-state index is 0.0739. The molecule has 9 heteroatoms. The van der Waals surface area contributed by atoms with Crippen molar-refractivity contribution in [1.82, 2.24) is 9.29 Å². The van der Waals surface area contributed by atoms with Crippen LogP contribution in [0.25, 0.3) is 11.3 Å². The summed E-state index contributed by atoms with van der Waals surface area (Å²) < 4.78 is 27.4. The number of thiazole rings is 1. The van der Waals surface area contributed by atoms with Crippen LogP contribution in [0, 0.1) is 0 Å². The Hall–Kier alpha value is -2.26. The number of amides is 1. The number of aromatic nitrogens is 1. The Labute approximate surface area is 197 Å². The Morgan fingerprint density at radius 2 is 1.84 bits per heavy atom. The lowest BCUT2D eigenvalue weighted by Crippen LogP contribution is -2.35. The number of hydrogen-bond donors (Lipinski definition) is 1. The molecule has 2 aromatic carbocycles. The molecule has 1 fully saturated rings. The van der Waals surface area contributed by atoms with Gasteiger partial charge in [-0.1, -0.05) is 49.2 Å². The van der Waals surface area contributed by atoms with Crippen LogP contribution in [0.3, 0.4) is 0 Å². The van der Waals surface area contributed by atoms with Crippen LogP contribution in [-0.2, 0) is 16.4 Å². The number of carbonyl (C=O) groups excluding carboxylic acids is 1. The molecule has 0 aliphatic carbocycles. The van der Waals surface area contributed by atoms with E-state index >= 15 is 0 Å². The van der Waals surface area contributed by atoms with E-state index in [1.165, 1.54) is 39.4 Å². The summed E-state index contributed by atoms with van der Waals surface area (Å²) in [6, 6.07) is 12.4. The molecule has 1 aliphatic heterocycles. The highest BCUT2D eigenvalue weighted by atomic mass is 35.5. The van der Waals surface area contributed by atoms with Crippen LogP contribution in [-0.4, -0.2) is 36.7 Å². The van der Waals surface area contributed by atoms with Gasteiger partial charge < -0.3 is 0 Å². The fourth-order valence-corrected chi connectivity index (χ4v) is 6.09. The maximum atomic E-state index is 13.0. The highest BCUT2D eigenvalue weighted by Crippen LogP contribution is 2.28. The number of hydrogen-bond acceptors (Lipinski definition) is 5. The fraction of sp³-hybridized carbons (Fsp3) is 0.304. The topological polar surface area (TPSA) is 79.4 Å². The number of sulfonamides is 1. The number of nitrogens with one attached hydrogen (secondary N) is 1. The van der Waals surface area contributed by atoms with Crippen molar-refractivity contribution in [2.24, 2.45) is 0 Å². The molecule has 2 heterocycles. The number of piperidine rings is 1. The molecule has 1 aromatic heterocycles. The molecular weight excluding hydrogens is 466 g/mol. The van der Waals surface area contributed by atoms with E-state index in [-0.39, 0.29) is 15.5 Å². The third-order valence-electron chi connectivity index (χ3n) is 5.52. The highest BCUT2D eigenvalue weighted by Gasteiger charge is 2.27. The SMILES string of the molecule is CCc1ccc(-c2csc(NC(=O)c3cc(S(=O)(=O)N4CCCCC4)ccc3Cl)n2)cc1. The van der Waals surface area contributed by atoms with E-state index in [9.17, 15) is 13.2 Å². The Balaban J connectivity index is 1.53. The van der Waals surface area contributed by atoms with Crippen LogP contribution in [0.5, 0.6) is 0 Å². The molecule has 0 spiro atoms. The van der Waals surface area contributed by atoms with Crippen molar-refractivity contribution < 1.29 is 13.2 Å². The third kappa shape index (κ3) is 4.88. The third-order valence-corrected chi connectivity index (χ3v) is 8.50. The molecule has 0 unspecified atom stereocenters. The average Bonchev–Trinajstić information content (AvgIpc) is 3.28. The van der Waals surface area contributed by atoms with Gasteiger partial charge in [0.25, 0.3) is 5.91 Å². The van der Waals surface area contributed by atoms with Crippen molar-refractivity contribution in [1.29, 1.82) is 0 Å². The van der Waals surface area contributed by atoms with E-state index < -0.39 is 15.9 Å². The van der Waals surface area contributed by atoms with E-state index in [4.69, 9.17) is 11.6 Å². The van der Waals surface area contributed by atoms with Gasteiger partial charge in [0.2, 0.25) is 10.0 Å². The molecular formula is C23H24ClN3O3S2. The van der Waals surface area contributed by atoms with E-state index in [1.807, 2.05) is 17.5 Å². The van der Waals surface area contributed by atoms with Crippen molar-refractivity contribution >= 4 is 44.0 Å². The lowest BCUT2D eigenvalue weighted by atomic mass is 10.1. The molecule has 0 saturated carbocycles. The number of halogens is 1. The Morgan fingerprint density at radius 1 is 1.12 bits per heavy atom. The van der Waals surface area contributed by atoms with Gasteiger partial charge >= 0.3 is 0 Å². The number of nitrogens with zero attached hydrogens (tertiary/aromatic N) is 2. The van der Waals surface area contributed by atoms with Crippen LogP contribution in [0.4, 0.5) is 5.13 Å². The van der Waals surface area contributed by atoms with Crippen LogP contribution in [0.2, 0.25) is 5.02 Å². The first-order valence-electron chi connectivity index (χ1n) is 10.5. The predicted octanol–water partition coefficient (Wildman–Crippen LogP) is 5.45. The van der Waals surface area contributed by atoms with Gasteiger partial charge in [-0.2, -0.15) is 4.31 Å². The molecule has 0 bridgehead atoms. The zero-order chi connectivity index (χ0) is 22.7. The number of carbonyl (C=O) groups is 1. The summed E-state index contributed by atoms with van der Waals surface area (Å²) in [7, 11) is -3.66. The predicted molar refractivity (Wildman–Crippen MR) is 129 cm³/mol. The Bertz CT molecular complexity index is 1220. The van der Waals surface area contributed by atoms with Gasteiger partial charge in [0.1, 0.15) is 0 Å². The fourth-order valence-electron chi connectivity index (χ4n) is 3.63. The second-order valence-corrected chi connectivity index (χ2v) is 10.9. The first-order valence-corrected chi connectivity index (χ1v) is 13.2. The largest absolute Gasteiger partial charge is 0.298 e. The Kier molecular flexibility index (Phi) is 6.95. The van der Waals surface area contributed by atoms with Crippen molar-refractivity contribution in [3.05, 3.63) is 64.0 Å². The summed E-state index contributed by atoms with van der Waals surface area (Å²) in [5.41, 5.74) is 3.08. The van der Waals surface area contributed by atoms with Crippen molar-refractivity contribution in [2.75, 3.05) is 18.4 Å². The van der Waals surface area contributed by atoms with Crippen molar-refractivity contribution in [3.8, 4) is 11.3 Å². The maximum absolute atomic E-state index is 13.0. The summed E-state index contributed by atoms with van der Waals surface area (Å²) in [4.78, 5) is 17.4. The molecule has 4 rings (SSSR count). The van der Waals surface area contributed by atoms with E-state index in [1.54, 1.807) is 0 Å². The lowest BCUT2D eigenvalue weighted by molar-refractivity contribution is 0.102. The minimum atomic E-state index is -3.66. The summed E-state index contributed by atoms with van der Waals surface area (Å²) in [6.07, 6.45) is 3.67. The van der Waals surface area contributed by atoms with E-state index in [2.05, 4.69) is 29.4 Å². The molecule has 0 atom stereocenters. The van der Waals surface area contributed by atoms with Gasteiger partial charge in [0.05, 0.1) is 21.2 Å².